The number of rotatable bonds is 12. The summed E-state index contributed by atoms with van der Waals surface area (Å²) in [6.45, 7) is 4.67. The number of ether oxygens (including phenoxy) is 1. The maximum Gasteiger partial charge on any atom is 0.573 e. The number of alkyl halides is 3. The van der Waals surface area contributed by atoms with Gasteiger partial charge in [0, 0.05) is 6.42 Å². The van der Waals surface area contributed by atoms with Crippen LogP contribution in [0.4, 0.5) is 13.2 Å². The van der Waals surface area contributed by atoms with Gasteiger partial charge in [0.2, 0.25) is 17.7 Å². The molecule has 0 saturated heterocycles. The fourth-order valence-electron chi connectivity index (χ4n) is 3.45. The Labute approximate surface area is 217 Å². The molecule has 0 radical (unpaired) electrons. The summed E-state index contributed by atoms with van der Waals surface area (Å²) in [5, 5.41) is 16.7. The summed E-state index contributed by atoms with van der Waals surface area (Å²) < 4.78 is 40.8. The van der Waals surface area contributed by atoms with Crippen molar-refractivity contribution in [2.24, 2.45) is 5.92 Å². The Balaban J connectivity index is 2.10. The number of halogens is 3. The molecule has 0 saturated carbocycles. The summed E-state index contributed by atoms with van der Waals surface area (Å²) >= 11 is 0. The van der Waals surface area contributed by atoms with Crippen molar-refractivity contribution in [1.82, 2.24) is 16.0 Å². The number of hydrogen-bond donors (Lipinski definition) is 4. The van der Waals surface area contributed by atoms with E-state index in [-0.39, 0.29) is 18.8 Å². The van der Waals surface area contributed by atoms with Crippen LogP contribution in [0.25, 0.3) is 0 Å². The molecule has 0 bridgehead atoms. The number of carbonyl (C=O) groups is 4. The first kappa shape index (κ1) is 30.1. The van der Waals surface area contributed by atoms with Gasteiger partial charge in [0.15, 0.2) is 0 Å². The van der Waals surface area contributed by atoms with Crippen molar-refractivity contribution in [2.45, 2.75) is 58.1 Å². The highest BCUT2D eigenvalue weighted by atomic mass is 19.4. The van der Waals surface area contributed by atoms with Gasteiger partial charge in [0.25, 0.3) is 0 Å². The average molecular weight is 538 g/mol. The number of aliphatic carboxylic acids is 1. The van der Waals surface area contributed by atoms with Crippen molar-refractivity contribution in [1.29, 1.82) is 0 Å². The van der Waals surface area contributed by atoms with E-state index in [0.717, 1.165) is 17.7 Å². The monoisotopic (exact) mass is 537 g/mol. The fraction of sp³-hybridized carbons (Fsp3) is 0.385. The molecule has 3 atom stereocenters. The molecule has 2 rings (SSSR count). The van der Waals surface area contributed by atoms with Gasteiger partial charge in [0.1, 0.15) is 23.9 Å². The van der Waals surface area contributed by atoms with Gasteiger partial charge in [0.05, 0.1) is 6.42 Å². The molecule has 0 aliphatic carbocycles. The lowest BCUT2D eigenvalue weighted by atomic mass is 10.0. The first-order valence-corrected chi connectivity index (χ1v) is 11.8. The number of carboxylic acids is 1. The quantitative estimate of drug-likeness (QED) is 0.329. The average Bonchev–Trinajstić information content (AvgIpc) is 2.82. The van der Waals surface area contributed by atoms with Gasteiger partial charge < -0.3 is 25.8 Å². The smallest absolute Gasteiger partial charge is 0.480 e. The van der Waals surface area contributed by atoms with E-state index < -0.39 is 53.9 Å². The second kappa shape index (κ2) is 13.5. The molecule has 0 spiro atoms. The molecule has 0 heterocycles. The van der Waals surface area contributed by atoms with Crippen LogP contribution in [0.2, 0.25) is 0 Å². The predicted molar refractivity (Wildman–Crippen MR) is 131 cm³/mol. The summed E-state index contributed by atoms with van der Waals surface area (Å²) in [5.74, 6) is -3.98. The minimum atomic E-state index is -4.84. The number of carbonyl (C=O) groups excluding carboxylic acids is 3. The van der Waals surface area contributed by atoms with E-state index in [1.54, 1.807) is 44.2 Å². The van der Waals surface area contributed by atoms with Gasteiger partial charge in [-0.2, -0.15) is 0 Å². The van der Waals surface area contributed by atoms with Crippen molar-refractivity contribution >= 4 is 23.7 Å². The predicted octanol–water partition coefficient (Wildman–Crippen LogP) is 2.59. The zero-order chi connectivity index (χ0) is 28.5. The lowest BCUT2D eigenvalue weighted by Crippen LogP contribution is -2.57. The Morgan fingerprint density at radius 2 is 1.45 bits per heavy atom. The van der Waals surface area contributed by atoms with E-state index in [2.05, 4.69) is 20.7 Å². The van der Waals surface area contributed by atoms with Crippen molar-refractivity contribution in [3.05, 3.63) is 65.7 Å². The maximum atomic E-state index is 13.1. The minimum Gasteiger partial charge on any atom is -0.480 e. The molecule has 4 N–H and O–H groups in total. The molecular weight excluding hydrogens is 507 g/mol. The number of benzene rings is 2. The molecule has 38 heavy (non-hydrogen) atoms. The van der Waals surface area contributed by atoms with Crippen molar-refractivity contribution in [3.63, 3.8) is 0 Å². The van der Waals surface area contributed by atoms with Gasteiger partial charge in [-0.1, -0.05) is 56.3 Å². The van der Waals surface area contributed by atoms with Gasteiger partial charge in [-0.3, -0.25) is 19.2 Å². The van der Waals surface area contributed by atoms with Gasteiger partial charge in [-0.25, -0.2) is 0 Å². The van der Waals surface area contributed by atoms with Crippen LogP contribution in [0.1, 0.15) is 31.9 Å². The topological polar surface area (TPSA) is 134 Å². The normalized spacial score (nSPS) is 13.7. The van der Waals surface area contributed by atoms with Crippen molar-refractivity contribution in [2.75, 3.05) is 0 Å². The number of nitrogens with one attached hydrogen (secondary N) is 3. The molecule has 9 nitrogen and oxygen atoms in total. The zero-order valence-electron chi connectivity index (χ0n) is 21.0. The third-order valence-corrected chi connectivity index (χ3v) is 5.43. The molecule has 3 unspecified atom stereocenters. The Bertz CT molecular complexity index is 1110. The van der Waals surface area contributed by atoms with E-state index in [9.17, 15) is 32.3 Å². The first-order chi connectivity index (χ1) is 17.7. The summed E-state index contributed by atoms with van der Waals surface area (Å²) in [7, 11) is 0. The number of hydrogen-bond acceptors (Lipinski definition) is 5. The van der Waals surface area contributed by atoms with Crippen LogP contribution < -0.4 is 20.7 Å². The molecule has 206 valence electrons. The molecule has 12 heteroatoms. The van der Waals surface area contributed by atoms with Gasteiger partial charge >= 0.3 is 12.3 Å². The minimum absolute atomic E-state index is 0.0792. The van der Waals surface area contributed by atoms with Crippen LogP contribution in [0.3, 0.4) is 0 Å². The van der Waals surface area contributed by atoms with Crippen LogP contribution in [-0.4, -0.2) is 53.3 Å². The molecule has 0 fully saturated rings. The third-order valence-electron chi connectivity index (χ3n) is 5.43. The fourth-order valence-corrected chi connectivity index (χ4v) is 3.45. The van der Waals surface area contributed by atoms with Crippen LogP contribution in [-0.2, 0) is 32.0 Å². The Morgan fingerprint density at radius 3 is 1.97 bits per heavy atom. The standard InChI is InChI=1S/C26H30F3N3O6/c1-15(2)22(32-21(33)14-18-9-11-19(12-10-18)38-26(27,28)29)24(35)31-20(13-17-7-5-4-6-8-17)23(34)30-16(3)25(36)37/h4-12,15-16,20,22H,13-14H2,1-3H3,(H,30,34)(H,31,35)(H,32,33)(H,36,37). The van der Waals surface area contributed by atoms with Gasteiger partial charge in [-0.05, 0) is 36.1 Å². The van der Waals surface area contributed by atoms with Gasteiger partial charge in [-0.15, -0.1) is 13.2 Å². The molecule has 0 aliphatic heterocycles. The number of carboxylic acid groups (broad SMARTS) is 1. The van der Waals surface area contributed by atoms with Crippen LogP contribution in [0.15, 0.2) is 54.6 Å². The highest BCUT2D eigenvalue weighted by molar-refractivity contribution is 5.93. The molecule has 0 aromatic heterocycles. The summed E-state index contributed by atoms with van der Waals surface area (Å²) in [4.78, 5) is 49.8. The highest BCUT2D eigenvalue weighted by Crippen LogP contribution is 2.22. The molecule has 3 amide bonds. The van der Waals surface area contributed by atoms with E-state index in [1.807, 2.05) is 0 Å². The Hall–Kier alpha value is -4.09. The summed E-state index contributed by atoms with van der Waals surface area (Å²) in [5.41, 5.74) is 1.11. The number of amides is 3. The van der Waals surface area contributed by atoms with E-state index in [0.29, 0.717) is 5.56 Å². The first-order valence-electron chi connectivity index (χ1n) is 11.8. The van der Waals surface area contributed by atoms with E-state index in [4.69, 9.17) is 5.11 Å². The lowest BCUT2D eigenvalue weighted by Gasteiger charge is -2.26. The van der Waals surface area contributed by atoms with E-state index in [1.165, 1.54) is 19.1 Å². The summed E-state index contributed by atoms with van der Waals surface area (Å²) in [6.07, 6.45) is -4.97. The molecular formula is C26H30F3N3O6. The molecule has 0 aliphatic rings. The largest absolute Gasteiger partial charge is 0.573 e. The molecule has 2 aromatic carbocycles. The van der Waals surface area contributed by atoms with Crippen LogP contribution in [0, 0.1) is 5.92 Å². The summed E-state index contributed by atoms with van der Waals surface area (Å²) in [6, 6.07) is 10.2. The Morgan fingerprint density at radius 1 is 0.842 bits per heavy atom. The molecule has 2 aromatic rings. The van der Waals surface area contributed by atoms with Crippen molar-refractivity contribution < 1.29 is 42.2 Å². The lowest BCUT2D eigenvalue weighted by molar-refractivity contribution is -0.274. The SMILES string of the molecule is CC(NC(=O)C(Cc1ccccc1)NC(=O)C(NC(=O)Cc1ccc(OC(F)(F)F)cc1)C(C)C)C(=O)O. The van der Waals surface area contributed by atoms with Crippen LogP contribution in [0.5, 0.6) is 5.75 Å². The zero-order valence-corrected chi connectivity index (χ0v) is 21.0. The second-order valence-corrected chi connectivity index (χ2v) is 8.98. The highest BCUT2D eigenvalue weighted by Gasteiger charge is 2.32. The second-order valence-electron chi connectivity index (χ2n) is 8.98. The maximum absolute atomic E-state index is 13.1. The van der Waals surface area contributed by atoms with Crippen molar-refractivity contribution in [3.8, 4) is 5.75 Å². The van der Waals surface area contributed by atoms with E-state index >= 15 is 0 Å². The Kier molecular flexibility index (Phi) is 10.7. The third kappa shape index (κ3) is 10.1. The van der Waals surface area contributed by atoms with Crippen LogP contribution >= 0.6 is 0 Å².